The van der Waals surface area contributed by atoms with Crippen molar-refractivity contribution in [2.24, 2.45) is 5.92 Å². The van der Waals surface area contributed by atoms with Crippen LogP contribution in [0.4, 0.5) is 10.1 Å². The number of amides is 1. The van der Waals surface area contributed by atoms with Gasteiger partial charge in [-0.15, -0.1) is 0 Å². The number of carbonyl (C=O) groups is 2. The number of anilines is 1. The lowest BCUT2D eigenvalue weighted by atomic mass is 9.82. The Labute approximate surface area is 133 Å². The van der Waals surface area contributed by atoms with Crippen molar-refractivity contribution in [1.29, 1.82) is 0 Å². The monoisotopic (exact) mass is 313 g/mol. The fourth-order valence-electron chi connectivity index (χ4n) is 3.00. The summed E-state index contributed by atoms with van der Waals surface area (Å²) >= 11 is 0. The molecule has 1 aliphatic rings. The van der Waals surface area contributed by atoms with Crippen molar-refractivity contribution in [3.8, 4) is 0 Å². The van der Waals surface area contributed by atoms with Crippen molar-refractivity contribution in [1.82, 2.24) is 0 Å². The van der Waals surface area contributed by atoms with Crippen molar-refractivity contribution >= 4 is 17.6 Å². The molecule has 0 saturated heterocycles. The van der Waals surface area contributed by atoms with Crippen LogP contribution >= 0.6 is 0 Å². The molecular weight excluding hydrogens is 297 g/mol. The van der Waals surface area contributed by atoms with E-state index in [4.69, 9.17) is 4.74 Å². The number of ether oxygens (including phenoxy) is 1. The molecule has 3 rings (SSSR count). The summed E-state index contributed by atoms with van der Waals surface area (Å²) in [7, 11) is 1.26. The van der Waals surface area contributed by atoms with Gasteiger partial charge in [-0.3, -0.25) is 9.59 Å². The van der Waals surface area contributed by atoms with E-state index in [0.29, 0.717) is 12.1 Å². The lowest BCUT2D eigenvalue weighted by Crippen LogP contribution is -2.34. The molecule has 1 N–H and O–H groups in total. The number of halogens is 1. The minimum atomic E-state index is -0.974. The van der Waals surface area contributed by atoms with Crippen LogP contribution in [0.25, 0.3) is 0 Å². The Morgan fingerprint density at radius 2 is 1.96 bits per heavy atom. The summed E-state index contributed by atoms with van der Waals surface area (Å²) < 4.78 is 18.3. The summed E-state index contributed by atoms with van der Waals surface area (Å²) in [6.45, 7) is 0. The van der Waals surface area contributed by atoms with Crippen molar-refractivity contribution in [2.75, 3.05) is 12.4 Å². The molecule has 0 unspecified atom stereocenters. The fraction of sp³-hybridized carbons (Fsp3) is 0.222. The van der Waals surface area contributed by atoms with Crippen LogP contribution in [0.3, 0.4) is 0 Å². The van der Waals surface area contributed by atoms with E-state index in [1.54, 1.807) is 6.07 Å². The second kappa shape index (κ2) is 6.20. The first-order valence-corrected chi connectivity index (χ1v) is 7.32. The maximum Gasteiger partial charge on any atom is 0.318 e. The Balaban J connectivity index is 2.09. The molecule has 0 saturated carbocycles. The molecule has 0 aromatic heterocycles. The largest absolute Gasteiger partial charge is 0.468 e. The van der Waals surface area contributed by atoms with Gasteiger partial charge in [0.15, 0.2) is 0 Å². The number of nitrogens with one attached hydrogen (secondary N) is 1. The molecule has 2 atom stereocenters. The highest BCUT2D eigenvalue weighted by Gasteiger charge is 2.39. The molecule has 23 heavy (non-hydrogen) atoms. The van der Waals surface area contributed by atoms with E-state index in [-0.39, 0.29) is 5.92 Å². The molecule has 0 aliphatic carbocycles. The van der Waals surface area contributed by atoms with Crippen LogP contribution in [0.2, 0.25) is 0 Å². The number of carbonyl (C=O) groups excluding carboxylic acids is 2. The summed E-state index contributed by atoms with van der Waals surface area (Å²) in [6.07, 6.45) is 0.443. The first kappa shape index (κ1) is 15.2. The van der Waals surface area contributed by atoms with Gasteiger partial charge in [0.2, 0.25) is 5.91 Å². The second-order valence-corrected chi connectivity index (χ2v) is 5.51. The normalized spacial score (nSPS) is 20.2. The van der Waals surface area contributed by atoms with E-state index in [2.05, 4.69) is 5.32 Å². The van der Waals surface area contributed by atoms with Gasteiger partial charge in [-0.25, -0.2) is 4.39 Å². The number of fused-ring (bicyclic) bond motifs is 1. The first-order valence-electron chi connectivity index (χ1n) is 7.32. The molecular formula is C18H16FNO3. The predicted octanol–water partition coefficient (Wildman–Crippen LogP) is 2.89. The minimum Gasteiger partial charge on any atom is -0.468 e. The Morgan fingerprint density at radius 3 is 2.65 bits per heavy atom. The maximum absolute atomic E-state index is 13.5. The van der Waals surface area contributed by atoms with E-state index in [9.17, 15) is 14.0 Å². The van der Waals surface area contributed by atoms with Crippen LogP contribution < -0.4 is 5.32 Å². The highest BCUT2D eigenvalue weighted by atomic mass is 19.1. The number of esters is 1. The van der Waals surface area contributed by atoms with E-state index in [1.807, 2.05) is 30.3 Å². The van der Waals surface area contributed by atoms with Gasteiger partial charge in [-0.05, 0) is 29.7 Å². The van der Waals surface area contributed by atoms with Crippen molar-refractivity contribution in [3.05, 3.63) is 65.5 Å². The summed E-state index contributed by atoms with van der Waals surface area (Å²) in [5.74, 6) is -2.84. The van der Waals surface area contributed by atoms with E-state index in [1.165, 1.54) is 19.2 Å². The van der Waals surface area contributed by atoms with E-state index < -0.39 is 23.6 Å². The van der Waals surface area contributed by atoms with Crippen LogP contribution in [0.1, 0.15) is 17.0 Å². The Hall–Kier alpha value is -2.69. The highest BCUT2D eigenvalue weighted by Crippen LogP contribution is 2.36. The van der Waals surface area contributed by atoms with Crippen molar-refractivity contribution in [3.63, 3.8) is 0 Å². The van der Waals surface area contributed by atoms with E-state index in [0.717, 1.165) is 11.1 Å². The third-order valence-electron chi connectivity index (χ3n) is 4.14. The molecule has 0 bridgehead atoms. The third kappa shape index (κ3) is 2.95. The molecule has 0 radical (unpaired) electrons. The average Bonchev–Trinajstić information content (AvgIpc) is 2.70. The zero-order valence-electron chi connectivity index (χ0n) is 12.6. The Kier molecular flexibility index (Phi) is 4.10. The lowest BCUT2D eigenvalue weighted by Gasteiger charge is -2.22. The summed E-state index contributed by atoms with van der Waals surface area (Å²) in [5.41, 5.74) is 2.07. The second-order valence-electron chi connectivity index (χ2n) is 5.51. The number of methoxy groups -OCH3 is 1. The molecule has 1 aliphatic heterocycles. The third-order valence-corrected chi connectivity index (χ3v) is 4.14. The van der Waals surface area contributed by atoms with Gasteiger partial charge in [-0.1, -0.05) is 36.4 Å². The van der Waals surface area contributed by atoms with Gasteiger partial charge in [0.1, 0.15) is 11.7 Å². The quantitative estimate of drug-likeness (QED) is 0.685. The molecule has 5 heteroatoms. The number of rotatable bonds is 2. The van der Waals surface area contributed by atoms with Crippen molar-refractivity contribution < 1.29 is 18.7 Å². The van der Waals surface area contributed by atoms with Gasteiger partial charge in [-0.2, -0.15) is 0 Å². The van der Waals surface area contributed by atoms with Gasteiger partial charge in [0.25, 0.3) is 0 Å². The molecule has 118 valence electrons. The van der Waals surface area contributed by atoms with E-state index >= 15 is 0 Å². The van der Waals surface area contributed by atoms with Gasteiger partial charge in [0, 0.05) is 11.6 Å². The zero-order chi connectivity index (χ0) is 16.4. The topological polar surface area (TPSA) is 55.4 Å². The summed E-state index contributed by atoms with van der Waals surface area (Å²) in [4.78, 5) is 24.7. The van der Waals surface area contributed by atoms with Crippen LogP contribution in [-0.4, -0.2) is 19.0 Å². The maximum atomic E-state index is 13.5. The van der Waals surface area contributed by atoms with Crippen LogP contribution in [0, 0.1) is 11.7 Å². The molecule has 0 fully saturated rings. The lowest BCUT2D eigenvalue weighted by molar-refractivity contribution is -0.149. The van der Waals surface area contributed by atoms with Gasteiger partial charge < -0.3 is 10.1 Å². The SMILES string of the molecule is COC(=O)[C@H]1C(=O)Nc2cc(F)ccc2C[C@@H]1c1ccccc1. The zero-order valence-corrected chi connectivity index (χ0v) is 12.6. The standard InChI is InChI=1S/C18H16FNO3/c1-23-18(22)16-14(11-5-3-2-4-6-11)9-12-7-8-13(19)10-15(12)20-17(16)21/h2-8,10,14,16H,9H2,1H3,(H,20,21)/t14-,16-/m1/s1. The molecule has 1 heterocycles. The Bertz CT molecular complexity index is 745. The molecule has 2 aromatic rings. The number of hydrogen-bond donors (Lipinski definition) is 1. The molecule has 4 nitrogen and oxygen atoms in total. The fourth-order valence-corrected chi connectivity index (χ4v) is 3.00. The first-order chi connectivity index (χ1) is 11.1. The molecule has 2 aromatic carbocycles. The summed E-state index contributed by atoms with van der Waals surface area (Å²) in [6, 6.07) is 13.6. The summed E-state index contributed by atoms with van der Waals surface area (Å²) in [5, 5.41) is 2.65. The van der Waals surface area contributed by atoms with Gasteiger partial charge >= 0.3 is 5.97 Å². The highest BCUT2D eigenvalue weighted by molar-refractivity contribution is 6.06. The van der Waals surface area contributed by atoms with Crippen molar-refractivity contribution in [2.45, 2.75) is 12.3 Å². The predicted molar refractivity (Wildman–Crippen MR) is 83.4 cm³/mol. The van der Waals surface area contributed by atoms with Crippen LogP contribution in [-0.2, 0) is 20.7 Å². The Morgan fingerprint density at radius 1 is 1.22 bits per heavy atom. The average molecular weight is 313 g/mol. The number of hydrogen-bond acceptors (Lipinski definition) is 3. The molecule has 1 amide bonds. The van der Waals surface area contributed by atoms with Crippen LogP contribution in [0.5, 0.6) is 0 Å². The smallest absolute Gasteiger partial charge is 0.318 e. The number of benzene rings is 2. The minimum absolute atomic E-state index is 0.365. The van der Waals surface area contributed by atoms with Gasteiger partial charge in [0.05, 0.1) is 7.11 Å². The van der Waals surface area contributed by atoms with Crippen LogP contribution in [0.15, 0.2) is 48.5 Å². The molecule has 0 spiro atoms.